The van der Waals surface area contributed by atoms with Crippen LogP contribution in [0, 0.1) is 15.9 Å². The van der Waals surface area contributed by atoms with Gasteiger partial charge in [-0.15, -0.1) is 0 Å². The molecule has 1 amide bonds. The number of benzene rings is 3. The summed E-state index contributed by atoms with van der Waals surface area (Å²) >= 11 is 0. The molecule has 31 heavy (non-hydrogen) atoms. The third kappa shape index (κ3) is 5.92. The van der Waals surface area contributed by atoms with E-state index in [0.717, 1.165) is 0 Å². The normalized spacial score (nSPS) is 10.3. The minimum atomic E-state index is -0.523. The molecule has 3 N–H and O–H groups in total. The van der Waals surface area contributed by atoms with Crippen LogP contribution >= 0.6 is 0 Å². The lowest BCUT2D eigenvalue weighted by molar-refractivity contribution is -0.384. The summed E-state index contributed by atoms with van der Waals surface area (Å²) in [6, 6.07) is 16.9. The molecule has 0 aliphatic carbocycles. The van der Waals surface area contributed by atoms with Crippen LogP contribution in [-0.4, -0.2) is 24.0 Å². The summed E-state index contributed by atoms with van der Waals surface area (Å²) in [4.78, 5) is 23.1. The number of carbonyl (C=O) groups is 1. The molecule has 0 aliphatic rings. The molecule has 0 saturated carbocycles. The van der Waals surface area contributed by atoms with Crippen LogP contribution in [0.25, 0.3) is 0 Å². The maximum Gasteiger partial charge on any atom is 0.271 e. The van der Waals surface area contributed by atoms with Gasteiger partial charge in [-0.2, -0.15) is 0 Å². The Morgan fingerprint density at radius 3 is 2.48 bits per heavy atom. The Morgan fingerprint density at radius 1 is 1.03 bits per heavy atom. The van der Waals surface area contributed by atoms with Crippen LogP contribution in [0.1, 0.15) is 6.92 Å². The molecule has 3 aromatic carbocycles. The molecule has 3 rings (SSSR count). The van der Waals surface area contributed by atoms with E-state index in [1.807, 2.05) is 6.92 Å². The molecule has 8 nitrogen and oxygen atoms in total. The van der Waals surface area contributed by atoms with Crippen molar-refractivity contribution in [3.63, 3.8) is 0 Å². The maximum atomic E-state index is 13.1. The molecule has 0 fully saturated rings. The van der Waals surface area contributed by atoms with Crippen LogP contribution in [0.2, 0.25) is 0 Å². The molecular formula is C22H21FN4O4. The first-order valence-corrected chi connectivity index (χ1v) is 9.53. The number of nitrogens with one attached hydrogen (secondary N) is 3. The van der Waals surface area contributed by atoms with E-state index in [9.17, 15) is 19.3 Å². The zero-order chi connectivity index (χ0) is 22.2. The molecule has 3 aromatic rings. The van der Waals surface area contributed by atoms with Crippen LogP contribution in [0.3, 0.4) is 0 Å². The molecule has 0 atom stereocenters. The Labute approximate surface area is 178 Å². The van der Waals surface area contributed by atoms with Crippen molar-refractivity contribution in [1.82, 2.24) is 0 Å². The fraction of sp³-hybridized carbons (Fsp3) is 0.136. The van der Waals surface area contributed by atoms with Crippen molar-refractivity contribution in [2.75, 3.05) is 29.1 Å². The largest absolute Gasteiger partial charge is 0.492 e. The predicted octanol–water partition coefficient (Wildman–Crippen LogP) is 4.93. The smallest absolute Gasteiger partial charge is 0.271 e. The lowest BCUT2D eigenvalue weighted by atomic mass is 10.2. The lowest BCUT2D eigenvalue weighted by Crippen LogP contribution is -2.22. The standard InChI is InChI=1S/C22H21FN4O4/c1-2-31-21-6-4-3-5-19(21)26-22(28)14-24-20-13-17(27(29)30)11-12-18(20)25-16-9-7-15(23)8-10-16/h3-13,24-25H,2,14H2,1H3,(H,26,28). The minimum absolute atomic E-state index is 0.130. The predicted molar refractivity (Wildman–Crippen MR) is 118 cm³/mol. The Kier molecular flexibility index (Phi) is 7.00. The number of carbonyl (C=O) groups excluding carboxylic acids is 1. The quantitative estimate of drug-likeness (QED) is 0.332. The Bertz CT molecular complexity index is 1070. The second kappa shape index (κ2) is 10.1. The van der Waals surface area contributed by atoms with Crippen LogP contribution in [0.15, 0.2) is 66.7 Å². The van der Waals surface area contributed by atoms with Gasteiger partial charge in [0.05, 0.1) is 35.1 Å². The molecule has 0 radical (unpaired) electrons. The van der Waals surface area contributed by atoms with E-state index in [0.29, 0.717) is 35.1 Å². The van der Waals surface area contributed by atoms with Gasteiger partial charge in [0.2, 0.25) is 5.91 Å². The minimum Gasteiger partial charge on any atom is -0.492 e. The van der Waals surface area contributed by atoms with Gasteiger partial charge in [0, 0.05) is 17.8 Å². The van der Waals surface area contributed by atoms with Crippen molar-refractivity contribution < 1.29 is 18.8 Å². The summed E-state index contributed by atoms with van der Waals surface area (Å²) < 4.78 is 18.6. The highest BCUT2D eigenvalue weighted by Gasteiger charge is 2.13. The lowest BCUT2D eigenvalue weighted by Gasteiger charge is -2.15. The van der Waals surface area contributed by atoms with Crippen LogP contribution in [-0.2, 0) is 4.79 Å². The molecule has 0 bridgehead atoms. The summed E-state index contributed by atoms with van der Waals surface area (Å²) in [6.07, 6.45) is 0. The number of amides is 1. The monoisotopic (exact) mass is 424 g/mol. The molecule has 0 saturated heterocycles. The Balaban J connectivity index is 1.74. The maximum absolute atomic E-state index is 13.1. The van der Waals surface area contributed by atoms with Crippen molar-refractivity contribution in [2.24, 2.45) is 0 Å². The SMILES string of the molecule is CCOc1ccccc1NC(=O)CNc1cc([N+](=O)[O-])ccc1Nc1ccc(F)cc1. The average Bonchev–Trinajstić information content (AvgIpc) is 2.76. The number of ether oxygens (including phenoxy) is 1. The number of non-ortho nitro benzene ring substituents is 1. The summed E-state index contributed by atoms with van der Waals surface area (Å²) in [6.45, 7) is 2.16. The summed E-state index contributed by atoms with van der Waals surface area (Å²) in [7, 11) is 0. The first-order valence-electron chi connectivity index (χ1n) is 9.53. The fourth-order valence-electron chi connectivity index (χ4n) is 2.81. The topological polar surface area (TPSA) is 106 Å². The zero-order valence-electron chi connectivity index (χ0n) is 16.7. The van der Waals surface area contributed by atoms with Gasteiger partial charge in [0.1, 0.15) is 11.6 Å². The van der Waals surface area contributed by atoms with Gasteiger partial charge in [-0.1, -0.05) is 12.1 Å². The first-order chi connectivity index (χ1) is 15.0. The molecule has 0 heterocycles. The highest BCUT2D eigenvalue weighted by molar-refractivity contribution is 5.95. The molecule has 0 aliphatic heterocycles. The number of anilines is 4. The molecule has 0 aromatic heterocycles. The second-order valence-corrected chi connectivity index (χ2v) is 6.45. The van der Waals surface area contributed by atoms with E-state index >= 15 is 0 Å². The Morgan fingerprint density at radius 2 is 1.77 bits per heavy atom. The number of nitro benzene ring substituents is 1. The van der Waals surface area contributed by atoms with Gasteiger partial charge in [0.15, 0.2) is 0 Å². The van der Waals surface area contributed by atoms with E-state index in [4.69, 9.17) is 4.74 Å². The average molecular weight is 424 g/mol. The van der Waals surface area contributed by atoms with E-state index in [-0.39, 0.29) is 24.0 Å². The van der Waals surface area contributed by atoms with Gasteiger partial charge in [-0.3, -0.25) is 14.9 Å². The van der Waals surface area contributed by atoms with Crippen molar-refractivity contribution in [3.05, 3.63) is 82.7 Å². The highest BCUT2D eigenvalue weighted by atomic mass is 19.1. The van der Waals surface area contributed by atoms with Crippen molar-refractivity contribution in [3.8, 4) is 5.75 Å². The molecule has 0 unspecified atom stereocenters. The molecule has 9 heteroatoms. The number of hydrogen-bond acceptors (Lipinski definition) is 6. The van der Waals surface area contributed by atoms with Gasteiger partial charge >= 0.3 is 0 Å². The van der Waals surface area contributed by atoms with Crippen LogP contribution in [0.4, 0.5) is 32.8 Å². The van der Waals surface area contributed by atoms with E-state index in [2.05, 4.69) is 16.0 Å². The van der Waals surface area contributed by atoms with E-state index < -0.39 is 4.92 Å². The molecule has 0 spiro atoms. The van der Waals surface area contributed by atoms with Gasteiger partial charge in [-0.05, 0) is 49.4 Å². The third-order valence-corrected chi connectivity index (χ3v) is 4.24. The van der Waals surface area contributed by atoms with Gasteiger partial charge in [-0.25, -0.2) is 4.39 Å². The van der Waals surface area contributed by atoms with Crippen LogP contribution in [0.5, 0.6) is 5.75 Å². The van der Waals surface area contributed by atoms with Crippen molar-refractivity contribution in [1.29, 1.82) is 0 Å². The van der Waals surface area contributed by atoms with Crippen molar-refractivity contribution >= 4 is 34.3 Å². The highest BCUT2D eigenvalue weighted by Crippen LogP contribution is 2.30. The fourth-order valence-corrected chi connectivity index (χ4v) is 2.81. The number of nitrogens with zero attached hydrogens (tertiary/aromatic N) is 1. The third-order valence-electron chi connectivity index (χ3n) is 4.24. The van der Waals surface area contributed by atoms with E-state index in [1.165, 1.54) is 42.5 Å². The van der Waals surface area contributed by atoms with Crippen LogP contribution < -0.4 is 20.7 Å². The number of hydrogen-bond donors (Lipinski definition) is 3. The van der Waals surface area contributed by atoms with Crippen molar-refractivity contribution in [2.45, 2.75) is 6.92 Å². The number of para-hydroxylation sites is 2. The first kappa shape index (κ1) is 21.6. The number of rotatable bonds is 9. The number of halogens is 1. The second-order valence-electron chi connectivity index (χ2n) is 6.45. The van der Waals surface area contributed by atoms with Gasteiger partial charge in [0.25, 0.3) is 5.69 Å². The van der Waals surface area contributed by atoms with E-state index in [1.54, 1.807) is 24.3 Å². The summed E-state index contributed by atoms with van der Waals surface area (Å²) in [5.74, 6) is -0.185. The summed E-state index contributed by atoms with van der Waals surface area (Å²) in [5, 5.41) is 19.9. The van der Waals surface area contributed by atoms with Gasteiger partial charge < -0.3 is 20.7 Å². The number of nitro groups is 1. The Hall–Kier alpha value is -4.14. The zero-order valence-corrected chi connectivity index (χ0v) is 16.7. The molecule has 160 valence electrons. The summed E-state index contributed by atoms with van der Waals surface area (Å²) in [5.41, 5.74) is 1.84. The molecular weight excluding hydrogens is 403 g/mol.